The highest BCUT2D eigenvalue weighted by atomic mass is 32.2. The fourth-order valence-corrected chi connectivity index (χ4v) is 1.68. The molecule has 0 heterocycles. The first-order valence-corrected chi connectivity index (χ1v) is 7.23. The number of hydrogen-bond acceptors (Lipinski definition) is 5. The van der Waals surface area contributed by atoms with Gasteiger partial charge in [0.15, 0.2) is 0 Å². The second kappa shape index (κ2) is 8.64. The van der Waals surface area contributed by atoms with Gasteiger partial charge in [-0.3, -0.25) is 4.79 Å². The molecule has 108 valence electrons. The van der Waals surface area contributed by atoms with Crippen LogP contribution in [-0.2, 0) is 9.53 Å². The lowest BCUT2D eigenvalue weighted by Gasteiger charge is -2.21. The van der Waals surface area contributed by atoms with Gasteiger partial charge < -0.3 is 15.4 Å². The summed E-state index contributed by atoms with van der Waals surface area (Å²) in [5.74, 6) is -0.196. The molecule has 1 atom stereocenters. The maximum Gasteiger partial charge on any atom is 0.407 e. The number of amides is 2. The third-order valence-electron chi connectivity index (χ3n) is 1.94. The van der Waals surface area contributed by atoms with Crippen LogP contribution in [0.15, 0.2) is 0 Å². The van der Waals surface area contributed by atoms with Crippen LogP contribution in [0.3, 0.4) is 0 Å². The zero-order valence-corrected chi connectivity index (χ0v) is 12.6. The smallest absolute Gasteiger partial charge is 0.407 e. The maximum absolute atomic E-state index is 11.7. The Kier molecular flexibility index (Phi) is 8.00. The first kappa shape index (κ1) is 17.6. The second-order valence-electron chi connectivity index (χ2n) is 4.81. The molecular formula is C12H21N3O3S. The summed E-state index contributed by atoms with van der Waals surface area (Å²) < 4.78 is 5.08. The van der Waals surface area contributed by atoms with Crippen molar-refractivity contribution in [3.63, 3.8) is 0 Å². The maximum atomic E-state index is 11.7. The molecule has 0 aromatic carbocycles. The Morgan fingerprint density at radius 1 is 1.37 bits per heavy atom. The molecule has 0 spiro atoms. The van der Waals surface area contributed by atoms with Gasteiger partial charge in [0.25, 0.3) is 0 Å². The molecule has 0 aromatic rings. The number of hydrogen-bond donors (Lipinski definition) is 2. The van der Waals surface area contributed by atoms with Gasteiger partial charge in [-0.1, -0.05) is 0 Å². The standard InChI is InChI=1S/C12H21N3O3S/c1-12(2,3)18-11(17)15-8-9(19-4)10(16)14-7-5-6-13/h9H,5,7-8H2,1-4H3,(H,14,16)(H,15,17). The van der Waals surface area contributed by atoms with Gasteiger partial charge >= 0.3 is 6.09 Å². The summed E-state index contributed by atoms with van der Waals surface area (Å²) in [5.41, 5.74) is -0.562. The Morgan fingerprint density at radius 3 is 2.47 bits per heavy atom. The molecule has 0 saturated heterocycles. The van der Waals surface area contributed by atoms with E-state index in [2.05, 4.69) is 10.6 Å². The van der Waals surface area contributed by atoms with Crippen LogP contribution in [0.25, 0.3) is 0 Å². The van der Waals surface area contributed by atoms with Crippen LogP contribution in [0.5, 0.6) is 0 Å². The molecule has 0 rings (SSSR count). The van der Waals surface area contributed by atoms with E-state index in [1.165, 1.54) is 11.8 Å². The van der Waals surface area contributed by atoms with E-state index in [0.717, 1.165) is 0 Å². The summed E-state index contributed by atoms with van der Waals surface area (Å²) in [5, 5.41) is 13.2. The van der Waals surface area contributed by atoms with Crippen molar-refractivity contribution in [3.05, 3.63) is 0 Å². The molecule has 2 N–H and O–H groups in total. The first-order chi connectivity index (χ1) is 8.80. The fraction of sp³-hybridized carbons (Fsp3) is 0.750. The Balaban J connectivity index is 4.09. The number of rotatable bonds is 6. The SMILES string of the molecule is CSC(CNC(=O)OC(C)(C)C)C(=O)NCCC#N. The summed E-state index contributed by atoms with van der Waals surface area (Å²) in [7, 11) is 0. The van der Waals surface area contributed by atoms with Crippen molar-refractivity contribution in [1.29, 1.82) is 5.26 Å². The highest BCUT2D eigenvalue weighted by molar-refractivity contribution is 7.99. The highest BCUT2D eigenvalue weighted by Gasteiger charge is 2.20. The van der Waals surface area contributed by atoms with Gasteiger partial charge in [0.1, 0.15) is 10.9 Å². The van der Waals surface area contributed by atoms with Gasteiger partial charge in [0, 0.05) is 13.1 Å². The van der Waals surface area contributed by atoms with Crippen molar-refractivity contribution in [2.45, 2.75) is 38.0 Å². The van der Waals surface area contributed by atoms with Crippen LogP contribution in [0.4, 0.5) is 4.79 Å². The largest absolute Gasteiger partial charge is 0.444 e. The highest BCUT2D eigenvalue weighted by Crippen LogP contribution is 2.08. The average Bonchev–Trinajstić information content (AvgIpc) is 2.27. The van der Waals surface area contributed by atoms with E-state index in [1.807, 2.05) is 6.07 Å². The van der Waals surface area contributed by atoms with Gasteiger partial charge in [0.2, 0.25) is 5.91 Å². The molecule has 0 radical (unpaired) electrons. The predicted molar refractivity (Wildman–Crippen MR) is 74.8 cm³/mol. The topological polar surface area (TPSA) is 91.2 Å². The second-order valence-corrected chi connectivity index (χ2v) is 5.85. The van der Waals surface area contributed by atoms with Crippen LogP contribution in [0.1, 0.15) is 27.2 Å². The molecule has 0 aliphatic rings. The van der Waals surface area contributed by atoms with E-state index < -0.39 is 16.9 Å². The summed E-state index contributed by atoms with van der Waals surface area (Å²) >= 11 is 1.33. The molecule has 6 nitrogen and oxygen atoms in total. The number of alkyl carbamates (subject to hydrolysis) is 1. The van der Waals surface area contributed by atoms with Crippen LogP contribution in [-0.4, -0.2) is 42.2 Å². The quantitative estimate of drug-likeness (QED) is 0.718. The van der Waals surface area contributed by atoms with E-state index in [0.29, 0.717) is 6.54 Å². The Labute approximate surface area is 118 Å². The number of nitrogens with zero attached hydrogens (tertiary/aromatic N) is 1. The van der Waals surface area contributed by atoms with Crippen molar-refractivity contribution in [1.82, 2.24) is 10.6 Å². The third kappa shape index (κ3) is 9.19. The summed E-state index contributed by atoms with van der Waals surface area (Å²) in [4.78, 5) is 23.2. The third-order valence-corrected chi connectivity index (χ3v) is 2.89. The number of ether oxygens (including phenoxy) is 1. The van der Waals surface area contributed by atoms with E-state index in [4.69, 9.17) is 10.00 Å². The minimum absolute atomic E-state index is 0.189. The minimum atomic E-state index is -0.562. The van der Waals surface area contributed by atoms with Crippen LogP contribution >= 0.6 is 11.8 Å². The predicted octanol–water partition coefficient (Wildman–Crippen LogP) is 1.27. The first-order valence-electron chi connectivity index (χ1n) is 5.94. The molecule has 0 bridgehead atoms. The van der Waals surface area contributed by atoms with Crippen molar-refractivity contribution >= 4 is 23.8 Å². The lowest BCUT2D eigenvalue weighted by atomic mass is 10.2. The van der Waals surface area contributed by atoms with Crippen molar-refractivity contribution in [3.8, 4) is 6.07 Å². The van der Waals surface area contributed by atoms with Crippen LogP contribution in [0.2, 0.25) is 0 Å². The molecule has 0 aliphatic carbocycles. The van der Waals surface area contributed by atoms with Gasteiger partial charge in [-0.05, 0) is 27.0 Å². The van der Waals surface area contributed by atoms with E-state index in [1.54, 1.807) is 27.0 Å². The summed E-state index contributed by atoms with van der Waals surface area (Å²) in [6.45, 7) is 5.82. The van der Waals surface area contributed by atoms with Crippen molar-refractivity contribution in [2.75, 3.05) is 19.3 Å². The Hall–Kier alpha value is -1.42. The lowest BCUT2D eigenvalue weighted by Crippen LogP contribution is -2.42. The number of carbonyl (C=O) groups excluding carboxylic acids is 2. The van der Waals surface area contributed by atoms with Gasteiger partial charge in [-0.25, -0.2) is 4.79 Å². The fourth-order valence-electron chi connectivity index (χ4n) is 1.13. The average molecular weight is 287 g/mol. The molecular weight excluding hydrogens is 266 g/mol. The molecule has 0 fully saturated rings. The molecule has 1 unspecified atom stereocenters. The normalized spacial score (nSPS) is 12.2. The molecule has 2 amide bonds. The number of thioether (sulfide) groups is 1. The molecule has 7 heteroatoms. The summed E-state index contributed by atoms with van der Waals surface area (Å²) in [6.07, 6.45) is 1.51. The minimum Gasteiger partial charge on any atom is -0.444 e. The van der Waals surface area contributed by atoms with Crippen molar-refractivity contribution in [2.24, 2.45) is 0 Å². The molecule has 19 heavy (non-hydrogen) atoms. The lowest BCUT2D eigenvalue weighted by molar-refractivity contribution is -0.120. The van der Waals surface area contributed by atoms with E-state index in [-0.39, 0.29) is 18.9 Å². The molecule has 0 aliphatic heterocycles. The summed E-state index contributed by atoms with van der Waals surface area (Å²) in [6, 6.07) is 1.94. The van der Waals surface area contributed by atoms with E-state index in [9.17, 15) is 9.59 Å². The monoisotopic (exact) mass is 287 g/mol. The van der Waals surface area contributed by atoms with Crippen LogP contribution < -0.4 is 10.6 Å². The zero-order valence-electron chi connectivity index (χ0n) is 11.8. The van der Waals surface area contributed by atoms with Crippen molar-refractivity contribution < 1.29 is 14.3 Å². The van der Waals surface area contributed by atoms with Gasteiger partial charge in [0.05, 0.1) is 12.5 Å². The number of nitriles is 1. The molecule has 0 aromatic heterocycles. The zero-order chi connectivity index (χ0) is 14.9. The number of carbonyl (C=O) groups is 2. The Bertz CT molecular complexity index is 347. The van der Waals surface area contributed by atoms with Gasteiger partial charge in [-0.15, -0.1) is 0 Å². The van der Waals surface area contributed by atoms with Crippen LogP contribution in [0, 0.1) is 11.3 Å². The van der Waals surface area contributed by atoms with E-state index >= 15 is 0 Å². The number of nitrogens with one attached hydrogen (secondary N) is 2. The Morgan fingerprint density at radius 2 is 2.00 bits per heavy atom. The molecule has 0 saturated carbocycles. The van der Waals surface area contributed by atoms with Gasteiger partial charge in [-0.2, -0.15) is 17.0 Å².